The van der Waals surface area contributed by atoms with Gasteiger partial charge >= 0.3 is 5.97 Å². The molecule has 0 spiro atoms. The summed E-state index contributed by atoms with van der Waals surface area (Å²) in [5.74, 6) is -6.52. The Bertz CT molecular complexity index is 987. The Kier molecular flexibility index (Phi) is 6.49. The molecule has 0 bridgehead atoms. The van der Waals surface area contributed by atoms with Crippen LogP contribution in [0.3, 0.4) is 0 Å². The largest absolute Gasteiger partial charge is 0.457 e. The highest BCUT2D eigenvalue weighted by atomic mass is 19.2. The van der Waals surface area contributed by atoms with Gasteiger partial charge in [-0.05, 0) is 43.2 Å². The molecular formula is C21H17F4NO4. The van der Waals surface area contributed by atoms with E-state index in [1.807, 2.05) is 0 Å². The second-order valence-corrected chi connectivity index (χ2v) is 6.85. The van der Waals surface area contributed by atoms with Gasteiger partial charge in [-0.1, -0.05) is 0 Å². The van der Waals surface area contributed by atoms with Gasteiger partial charge in [-0.25, -0.2) is 17.6 Å². The number of amides is 1. The quantitative estimate of drug-likeness (QED) is 0.420. The van der Waals surface area contributed by atoms with Crippen LogP contribution in [0.25, 0.3) is 0 Å². The Morgan fingerprint density at radius 3 is 2.23 bits per heavy atom. The standard InChI is InChI=1S/C21H17F4NO4/c22-14-2-3-15(17(24)10-14)20(28)26-7-5-12(6-8-26)21(29)30-11-19(27)13-1-4-16(23)18(25)9-13/h1-4,9-10,12H,5-8,11H2. The third-order valence-electron chi connectivity index (χ3n) is 4.86. The normalized spacial score (nSPS) is 14.5. The minimum Gasteiger partial charge on any atom is -0.457 e. The molecule has 0 atom stereocenters. The Morgan fingerprint density at radius 2 is 1.60 bits per heavy atom. The number of benzene rings is 2. The molecule has 2 aromatic carbocycles. The Labute approximate surface area is 169 Å². The summed E-state index contributed by atoms with van der Waals surface area (Å²) in [6.07, 6.45) is 0.486. The summed E-state index contributed by atoms with van der Waals surface area (Å²) in [6.45, 7) is -0.303. The van der Waals surface area contributed by atoms with Crippen LogP contribution in [0, 0.1) is 29.2 Å². The number of carbonyl (C=O) groups excluding carboxylic acids is 3. The summed E-state index contributed by atoms with van der Waals surface area (Å²) in [5.41, 5.74) is -0.377. The van der Waals surface area contributed by atoms with E-state index in [4.69, 9.17) is 4.74 Å². The van der Waals surface area contributed by atoms with Gasteiger partial charge in [0.1, 0.15) is 11.6 Å². The van der Waals surface area contributed by atoms with Crippen molar-refractivity contribution >= 4 is 17.7 Å². The van der Waals surface area contributed by atoms with Gasteiger partial charge in [0.15, 0.2) is 24.0 Å². The summed E-state index contributed by atoms with van der Waals surface area (Å²) in [5, 5.41) is 0. The summed E-state index contributed by atoms with van der Waals surface area (Å²) in [4.78, 5) is 37.9. The number of piperidine rings is 1. The van der Waals surface area contributed by atoms with Crippen molar-refractivity contribution in [2.45, 2.75) is 12.8 Å². The molecule has 0 aliphatic carbocycles. The molecule has 30 heavy (non-hydrogen) atoms. The molecule has 9 heteroatoms. The van der Waals surface area contributed by atoms with Crippen molar-refractivity contribution in [3.05, 3.63) is 70.8 Å². The second kappa shape index (κ2) is 9.06. The SMILES string of the molecule is O=C(COC(=O)C1CCN(C(=O)c2ccc(F)cc2F)CC1)c1ccc(F)c(F)c1. The lowest BCUT2D eigenvalue weighted by atomic mass is 9.96. The maximum Gasteiger partial charge on any atom is 0.309 e. The van der Waals surface area contributed by atoms with Crippen molar-refractivity contribution in [1.29, 1.82) is 0 Å². The number of likely N-dealkylation sites (tertiary alicyclic amines) is 1. The molecule has 1 aliphatic heterocycles. The van der Waals surface area contributed by atoms with Crippen molar-refractivity contribution in [3.63, 3.8) is 0 Å². The molecular weight excluding hydrogens is 406 g/mol. The highest BCUT2D eigenvalue weighted by molar-refractivity contribution is 5.98. The lowest BCUT2D eigenvalue weighted by molar-refractivity contribution is -0.148. The molecule has 0 N–H and O–H groups in total. The fourth-order valence-corrected chi connectivity index (χ4v) is 3.16. The average Bonchev–Trinajstić information content (AvgIpc) is 2.73. The molecule has 0 unspecified atom stereocenters. The monoisotopic (exact) mass is 423 g/mol. The van der Waals surface area contributed by atoms with Gasteiger partial charge in [-0.3, -0.25) is 14.4 Å². The molecule has 2 aromatic rings. The van der Waals surface area contributed by atoms with Crippen LogP contribution in [0.4, 0.5) is 17.6 Å². The van der Waals surface area contributed by atoms with Crippen LogP contribution < -0.4 is 0 Å². The highest BCUT2D eigenvalue weighted by Crippen LogP contribution is 2.22. The lowest BCUT2D eigenvalue weighted by Crippen LogP contribution is -2.41. The number of hydrogen-bond acceptors (Lipinski definition) is 4. The maximum absolute atomic E-state index is 13.8. The third-order valence-corrected chi connectivity index (χ3v) is 4.86. The van der Waals surface area contributed by atoms with Crippen LogP contribution in [0.15, 0.2) is 36.4 Å². The van der Waals surface area contributed by atoms with Gasteiger partial charge in [0, 0.05) is 24.7 Å². The zero-order valence-electron chi connectivity index (χ0n) is 15.7. The number of ketones is 1. The number of nitrogens with zero attached hydrogens (tertiary/aromatic N) is 1. The van der Waals surface area contributed by atoms with Crippen LogP contribution in [-0.2, 0) is 9.53 Å². The Balaban J connectivity index is 1.50. The second-order valence-electron chi connectivity index (χ2n) is 6.85. The summed E-state index contributed by atoms with van der Waals surface area (Å²) in [7, 11) is 0. The van der Waals surface area contributed by atoms with E-state index in [0.717, 1.165) is 30.3 Å². The first-order chi connectivity index (χ1) is 14.3. The lowest BCUT2D eigenvalue weighted by Gasteiger charge is -2.31. The van der Waals surface area contributed by atoms with Gasteiger partial charge in [-0.2, -0.15) is 0 Å². The summed E-state index contributed by atoms with van der Waals surface area (Å²) < 4.78 is 57.9. The van der Waals surface area contributed by atoms with Gasteiger partial charge in [-0.15, -0.1) is 0 Å². The van der Waals surface area contributed by atoms with Gasteiger partial charge in [0.25, 0.3) is 5.91 Å². The molecule has 0 aromatic heterocycles. The predicted octanol–water partition coefficient (Wildman–Crippen LogP) is 3.52. The number of rotatable bonds is 5. The summed E-state index contributed by atoms with van der Waals surface area (Å²) >= 11 is 0. The molecule has 1 saturated heterocycles. The maximum atomic E-state index is 13.8. The van der Waals surface area contributed by atoms with E-state index in [2.05, 4.69) is 0 Å². The fourth-order valence-electron chi connectivity index (χ4n) is 3.16. The minimum atomic E-state index is -1.18. The molecule has 3 rings (SSSR count). The van der Waals surface area contributed by atoms with Gasteiger partial charge < -0.3 is 9.64 Å². The minimum absolute atomic E-state index is 0.122. The van der Waals surface area contributed by atoms with Crippen LogP contribution in [0.1, 0.15) is 33.6 Å². The van der Waals surface area contributed by atoms with Crippen molar-refractivity contribution < 1.29 is 36.7 Å². The third kappa shape index (κ3) is 4.84. The molecule has 0 radical (unpaired) electrons. The fraction of sp³-hybridized carbons (Fsp3) is 0.286. The van der Waals surface area contributed by atoms with E-state index < -0.39 is 53.5 Å². The van der Waals surface area contributed by atoms with Crippen LogP contribution in [0.2, 0.25) is 0 Å². The molecule has 1 fully saturated rings. The van der Waals surface area contributed by atoms with E-state index in [1.165, 1.54) is 4.90 Å². The van der Waals surface area contributed by atoms with E-state index in [0.29, 0.717) is 6.07 Å². The Morgan fingerprint density at radius 1 is 0.900 bits per heavy atom. The molecule has 1 aliphatic rings. The van der Waals surface area contributed by atoms with Crippen LogP contribution in [0.5, 0.6) is 0 Å². The first kappa shape index (κ1) is 21.5. The molecule has 1 heterocycles. The number of hydrogen-bond donors (Lipinski definition) is 0. The van der Waals surface area contributed by atoms with Crippen LogP contribution >= 0.6 is 0 Å². The van der Waals surface area contributed by atoms with Crippen molar-refractivity contribution in [1.82, 2.24) is 4.90 Å². The van der Waals surface area contributed by atoms with Gasteiger partial charge in [0.2, 0.25) is 0 Å². The first-order valence-electron chi connectivity index (χ1n) is 9.15. The topological polar surface area (TPSA) is 63.7 Å². The number of esters is 1. The zero-order valence-corrected chi connectivity index (χ0v) is 15.7. The predicted molar refractivity (Wildman–Crippen MR) is 96.6 cm³/mol. The molecule has 0 saturated carbocycles. The number of Topliss-reactive ketones (excluding diaryl/α,β-unsaturated/α-hetero) is 1. The number of ether oxygens (including phenoxy) is 1. The summed E-state index contributed by atoms with van der Waals surface area (Å²) in [6, 6.07) is 5.31. The van der Waals surface area contributed by atoms with Crippen molar-refractivity contribution in [2.24, 2.45) is 5.92 Å². The number of carbonyl (C=O) groups is 3. The Hall–Kier alpha value is -3.23. The first-order valence-corrected chi connectivity index (χ1v) is 9.15. The van der Waals surface area contributed by atoms with Crippen LogP contribution in [-0.4, -0.2) is 42.3 Å². The van der Waals surface area contributed by atoms with E-state index >= 15 is 0 Å². The number of halogens is 4. The van der Waals surface area contributed by atoms with Gasteiger partial charge in [0.05, 0.1) is 11.5 Å². The highest BCUT2D eigenvalue weighted by Gasteiger charge is 2.30. The average molecular weight is 423 g/mol. The van der Waals surface area contributed by atoms with Crippen molar-refractivity contribution in [2.75, 3.05) is 19.7 Å². The smallest absolute Gasteiger partial charge is 0.309 e. The van der Waals surface area contributed by atoms with E-state index in [-0.39, 0.29) is 37.1 Å². The van der Waals surface area contributed by atoms with E-state index in [1.54, 1.807) is 0 Å². The molecule has 5 nitrogen and oxygen atoms in total. The zero-order chi connectivity index (χ0) is 21.8. The van der Waals surface area contributed by atoms with Crippen molar-refractivity contribution in [3.8, 4) is 0 Å². The molecule has 1 amide bonds. The molecule has 158 valence electrons. The van der Waals surface area contributed by atoms with E-state index in [9.17, 15) is 31.9 Å².